The summed E-state index contributed by atoms with van der Waals surface area (Å²) in [4.78, 5) is 37.0. The van der Waals surface area contributed by atoms with Crippen molar-refractivity contribution in [3.8, 4) is 0 Å². The Morgan fingerprint density at radius 3 is 2.13 bits per heavy atom. The fourth-order valence-corrected chi connectivity index (χ4v) is 2.52. The molecule has 0 saturated heterocycles. The van der Waals surface area contributed by atoms with Crippen LogP contribution in [0.15, 0.2) is 60.7 Å². The van der Waals surface area contributed by atoms with E-state index < -0.39 is 23.6 Å². The molecule has 0 aliphatic carbocycles. The van der Waals surface area contributed by atoms with Gasteiger partial charge in [0.2, 0.25) is 5.91 Å². The first-order valence-corrected chi connectivity index (χ1v) is 9.72. The molecule has 2 aromatic carbocycles. The quantitative estimate of drug-likeness (QED) is 0.618. The molecule has 0 bridgehead atoms. The molecule has 0 saturated carbocycles. The van der Waals surface area contributed by atoms with Crippen molar-refractivity contribution >= 4 is 17.8 Å². The summed E-state index contributed by atoms with van der Waals surface area (Å²) in [5.41, 5.74) is 0.724. The van der Waals surface area contributed by atoms with Gasteiger partial charge in [-0.25, -0.2) is 4.79 Å². The zero-order chi connectivity index (χ0) is 22.0. The number of hydrogen-bond acceptors (Lipinski definition) is 5. The third-order valence-corrected chi connectivity index (χ3v) is 3.92. The SMILES string of the molecule is CC(C)(C)OC(=O)N[C@@H](COCc1ccccc1)C(=O)NCC(=O)c1ccccc1. The molecule has 0 aliphatic heterocycles. The van der Waals surface area contributed by atoms with Gasteiger partial charge >= 0.3 is 6.09 Å². The number of rotatable bonds is 9. The van der Waals surface area contributed by atoms with Crippen LogP contribution in [0.4, 0.5) is 4.79 Å². The molecule has 160 valence electrons. The Balaban J connectivity index is 1.94. The average Bonchev–Trinajstić information content (AvgIpc) is 2.71. The molecule has 2 aromatic rings. The molecule has 7 nitrogen and oxygen atoms in total. The Morgan fingerprint density at radius 2 is 1.53 bits per heavy atom. The summed E-state index contributed by atoms with van der Waals surface area (Å²) in [6.45, 7) is 5.21. The molecule has 0 radical (unpaired) electrons. The van der Waals surface area contributed by atoms with Crippen LogP contribution in [-0.2, 0) is 20.9 Å². The summed E-state index contributed by atoms with van der Waals surface area (Å²) in [5.74, 6) is -0.761. The number of hydrogen-bond donors (Lipinski definition) is 2. The van der Waals surface area contributed by atoms with Crippen molar-refractivity contribution in [2.45, 2.75) is 39.0 Å². The molecular weight excluding hydrogens is 384 g/mol. The number of nitrogens with one attached hydrogen (secondary N) is 2. The predicted octanol–water partition coefficient (Wildman–Crippen LogP) is 3.10. The molecule has 2 N–H and O–H groups in total. The highest BCUT2D eigenvalue weighted by Gasteiger charge is 2.25. The number of carbonyl (C=O) groups excluding carboxylic acids is 3. The summed E-state index contributed by atoms with van der Waals surface area (Å²) < 4.78 is 10.8. The lowest BCUT2D eigenvalue weighted by Gasteiger charge is -2.23. The monoisotopic (exact) mass is 412 g/mol. The van der Waals surface area contributed by atoms with Crippen molar-refractivity contribution in [3.63, 3.8) is 0 Å². The smallest absolute Gasteiger partial charge is 0.408 e. The highest BCUT2D eigenvalue weighted by Crippen LogP contribution is 2.07. The lowest BCUT2D eigenvalue weighted by molar-refractivity contribution is -0.124. The first-order chi connectivity index (χ1) is 14.2. The van der Waals surface area contributed by atoms with E-state index in [-0.39, 0.29) is 25.5 Å². The Kier molecular flexibility index (Phi) is 8.55. The molecule has 2 rings (SSSR count). The molecule has 30 heavy (non-hydrogen) atoms. The van der Waals surface area contributed by atoms with Crippen LogP contribution < -0.4 is 10.6 Å². The van der Waals surface area contributed by atoms with Crippen molar-refractivity contribution in [1.29, 1.82) is 0 Å². The number of benzene rings is 2. The molecule has 0 spiro atoms. The van der Waals surface area contributed by atoms with Crippen LogP contribution in [0.1, 0.15) is 36.7 Å². The van der Waals surface area contributed by atoms with Crippen LogP contribution in [-0.4, -0.2) is 42.6 Å². The van der Waals surface area contributed by atoms with Crippen molar-refractivity contribution in [3.05, 3.63) is 71.8 Å². The maximum atomic E-state index is 12.6. The van der Waals surface area contributed by atoms with Gasteiger partial charge in [-0.05, 0) is 26.3 Å². The highest BCUT2D eigenvalue weighted by molar-refractivity contribution is 6.00. The van der Waals surface area contributed by atoms with E-state index in [1.54, 1.807) is 51.1 Å². The first-order valence-electron chi connectivity index (χ1n) is 9.72. The molecular formula is C23H28N2O5. The van der Waals surface area contributed by atoms with Gasteiger partial charge in [0.1, 0.15) is 11.6 Å². The molecule has 0 aromatic heterocycles. The largest absolute Gasteiger partial charge is 0.444 e. The average molecular weight is 412 g/mol. The standard InChI is InChI=1S/C23H28N2O5/c1-23(2,3)30-22(28)25-19(16-29-15-17-10-6-4-7-11-17)21(27)24-14-20(26)18-12-8-5-9-13-18/h4-13,19H,14-16H2,1-3H3,(H,24,27)(H,25,28)/t19-/m0/s1. The third kappa shape index (κ3) is 8.45. The maximum absolute atomic E-state index is 12.6. The van der Waals surface area contributed by atoms with E-state index >= 15 is 0 Å². The van der Waals surface area contributed by atoms with Gasteiger partial charge in [0.25, 0.3) is 0 Å². The topological polar surface area (TPSA) is 93.7 Å². The van der Waals surface area contributed by atoms with Gasteiger partial charge in [0.15, 0.2) is 5.78 Å². The Morgan fingerprint density at radius 1 is 0.933 bits per heavy atom. The van der Waals surface area contributed by atoms with E-state index in [2.05, 4.69) is 10.6 Å². The van der Waals surface area contributed by atoms with E-state index in [1.807, 2.05) is 30.3 Å². The van der Waals surface area contributed by atoms with Crippen molar-refractivity contribution in [2.24, 2.45) is 0 Å². The number of alkyl carbamates (subject to hydrolysis) is 1. The van der Waals surface area contributed by atoms with Crippen LogP contribution in [0.5, 0.6) is 0 Å². The normalized spacial score (nSPS) is 12.0. The molecule has 0 heterocycles. The van der Waals surface area contributed by atoms with Crippen LogP contribution in [0.2, 0.25) is 0 Å². The molecule has 0 aliphatic rings. The van der Waals surface area contributed by atoms with E-state index in [4.69, 9.17) is 9.47 Å². The van der Waals surface area contributed by atoms with Gasteiger partial charge in [-0.2, -0.15) is 0 Å². The summed E-state index contributed by atoms with van der Waals surface area (Å²) in [6, 6.07) is 17.1. The van der Waals surface area contributed by atoms with Gasteiger partial charge < -0.3 is 20.1 Å². The number of ketones is 1. The van der Waals surface area contributed by atoms with Crippen molar-refractivity contribution in [2.75, 3.05) is 13.2 Å². The molecule has 0 unspecified atom stereocenters. The zero-order valence-electron chi connectivity index (χ0n) is 17.5. The molecule has 2 amide bonds. The second-order valence-electron chi connectivity index (χ2n) is 7.71. The zero-order valence-corrected chi connectivity index (χ0v) is 17.5. The number of amides is 2. The van der Waals surface area contributed by atoms with Gasteiger partial charge in [-0.15, -0.1) is 0 Å². The third-order valence-electron chi connectivity index (χ3n) is 3.92. The van der Waals surface area contributed by atoms with Gasteiger partial charge in [0, 0.05) is 5.56 Å². The number of ether oxygens (including phenoxy) is 2. The first kappa shape index (κ1) is 23.1. The maximum Gasteiger partial charge on any atom is 0.408 e. The van der Waals surface area contributed by atoms with Crippen LogP contribution in [0.3, 0.4) is 0 Å². The Labute approximate surface area is 176 Å². The van der Waals surface area contributed by atoms with E-state index in [9.17, 15) is 14.4 Å². The van der Waals surface area contributed by atoms with Crippen LogP contribution in [0.25, 0.3) is 0 Å². The Bertz CT molecular complexity index is 832. The number of carbonyl (C=O) groups is 3. The molecule has 1 atom stereocenters. The van der Waals surface area contributed by atoms with E-state index in [0.717, 1.165) is 5.56 Å². The van der Waals surface area contributed by atoms with E-state index in [0.29, 0.717) is 5.56 Å². The fraction of sp³-hybridized carbons (Fsp3) is 0.348. The number of Topliss-reactive ketones (excluding diaryl/α,β-unsaturated/α-hetero) is 1. The minimum atomic E-state index is -1.01. The van der Waals surface area contributed by atoms with Gasteiger partial charge in [-0.3, -0.25) is 9.59 Å². The summed E-state index contributed by atoms with van der Waals surface area (Å²) >= 11 is 0. The lowest BCUT2D eigenvalue weighted by atomic mass is 10.1. The van der Waals surface area contributed by atoms with Crippen LogP contribution >= 0.6 is 0 Å². The fourth-order valence-electron chi connectivity index (χ4n) is 2.52. The Hall–Kier alpha value is -3.19. The second kappa shape index (κ2) is 11.1. The molecule has 0 fully saturated rings. The molecule has 7 heteroatoms. The predicted molar refractivity (Wildman–Crippen MR) is 113 cm³/mol. The van der Waals surface area contributed by atoms with Crippen LogP contribution in [0, 0.1) is 0 Å². The van der Waals surface area contributed by atoms with Gasteiger partial charge in [0.05, 0.1) is 19.8 Å². The second-order valence-corrected chi connectivity index (χ2v) is 7.71. The summed E-state index contributed by atoms with van der Waals surface area (Å²) in [5, 5.41) is 5.07. The minimum Gasteiger partial charge on any atom is -0.444 e. The summed E-state index contributed by atoms with van der Waals surface area (Å²) in [6.07, 6.45) is -0.736. The lowest BCUT2D eigenvalue weighted by Crippen LogP contribution is -2.51. The van der Waals surface area contributed by atoms with E-state index in [1.165, 1.54) is 0 Å². The van der Waals surface area contributed by atoms with Crippen molar-refractivity contribution in [1.82, 2.24) is 10.6 Å². The minimum absolute atomic E-state index is 0.0699. The highest BCUT2D eigenvalue weighted by atomic mass is 16.6. The summed E-state index contributed by atoms with van der Waals surface area (Å²) in [7, 11) is 0. The van der Waals surface area contributed by atoms with Gasteiger partial charge in [-0.1, -0.05) is 60.7 Å². The van der Waals surface area contributed by atoms with Crippen molar-refractivity contribution < 1.29 is 23.9 Å².